The van der Waals surface area contributed by atoms with Crippen LogP contribution < -0.4 is 11.1 Å². The fraction of sp³-hybridized carbons (Fsp3) is 0.286. The quantitative estimate of drug-likeness (QED) is 0.311. The maximum Gasteiger partial charge on any atom is 0.416 e. The van der Waals surface area contributed by atoms with E-state index in [1.54, 1.807) is 35.3 Å². The van der Waals surface area contributed by atoms with Crippen LogP contribution >= 0.6 is 0 Å². The summed E-state index contributed by atoms with van der Waals surface area (Å²) in [6.07, 6.45) is 7.75. The average molecular weight is 562 g/mol. The van der Waals surface area contributed by atoms with Gasteiger partial charge in [0.05, 0.1) is 11.3 Å². The minimum absolute atomic E-state index is 0.187. The third kappa shape index (κ3) is 5.60. The monoisotopic (exact) mass is 561 g/mol. The fourth-order valence-electron chi connectivity index (χ4n) is 4.80. The SMILES string of the molecule is C1CCn2c(nnc2C2CC2)C1.Nc1nccn2cnc(-c3ccc(C(=O)Nc4cc(C(F)(F)F)ccn4)cc3)c12. The van der Waals surface area contributed by atoms with Gasteiger partial charge in [-0.3, -0.25) is 4.79 Å². The second kappa shape index (κ2) is 10.6. The average Bonchev–Trinajstić information content (AvgIpc) is 3.56. The second-order valence-electron chi connectivity index (χ2n) is 9.98. The largest absolute Gasteiger partial charge is 0.416 e. The number of hydrogen-bond donors (Lipinski definition) is 2. The van der Waals surface area contributed by atoms with Crippen molar-refractivity contribution in [3.8, 4) is 11.3 Å². The lowest BCUT2D eigenvalue weighted by molar-refractivity contribution is -0.137. The molecular formula is C28H26F3N9O. The molecule has 2 aliphatic rings. The van der Waals surface area contributed by atoms with Gasteiger partial charge in [0.2, 0.25) is 0 Å². The number of anilines is 2. The molecule has 0 bridgehead atoms. The Labute approximate surface area is 232 Å². The molecule has 7 rings (SSSR count). The zero-order valence-corrected chi connectivity index (χ0v) is 21.8. The molecule has 1 aliphatic carbocycles. The van der Waals surface area contributed by atoms with Crippen LogP contribution in [0.1, 0.15) is 59.2 Å². The van der Waals surface area contributed by atoms with Gasteiger partial charge in [-0.2, -0.15) is 13.2 Å². The first kappa shape index (κ1) is 26.4. The third-order valence-electron chi connectivity index (χ3n) is 7.06. The zero-order chi connectivity index (χ0) is 28.6. The minimum Gasteiger partial charge on any atom is -0.382 e. The molecule has 1 aromatic carbocycles. The van der Waals surface area contributed by atoms with Crippen LogP contribution in [0.25, 0.3) is 16.8 Å². The van der Waals surface area contributed by atoms with E-state index in [0.29, 0.717) is 22.6 Å². The molecule has 1 fully saturated rings. The summed E-state index contributed by atoms with van der Waals surface area (Å²) in [6.45, 7) is 1.16. The van der Waals surface area contributed by atoms with E-state index < -0.39 is 17.6 Å². The highest BCUT2D eigenvalue weighted by Crippen LogP contribution is 2.39. The molecule has 10 nitrogen and oxygen atoms in total. The number of imidazole rings is 1. The van der Waals surface area contributed by atoms with E-state index in [2.05, 4.69) is 35.0 Å². The summed E-state index contributed by atoms with van der Waals surface area (Å²) in [5.74, 6) is 2.79. The number of nitrogens with one attached hydrogen (secondary N) is 1. The number of hydrogen-bond acceptors (Lipinski definition) is 7. The lowest BCUT2D eigenvalue weighted by Gasteiger charge is -2.14. The van der Waals surface area contributed by atoms with E-state index >= 15 is 0 Å². The number of aryl methyl sites for hydroxylation is 1. The molecule has 0 saturated heterocycles. The van der Waals surface area contributed by atoms with Gasteiger partial charge >= 0.3 is 6.18 Å². The maximum atomic E-state index is 12.8. The van der Waals surface area contributed by atoms with Gasteiger partial charge in [-0.25, -0.2) is 15.0 Å². The summed E-state index contributed by atoms with van der Waals surface area (Å²) < 4.78 is 42.4. The first-order valence-electron chi connectivity index (χ1n) is 13.2. The van der Waals surface area contributed by atoms with Crippen molar-refractivity contribution in [3.63, 3.8) is 0 Å². The number of pyridine rings is 1. The lowest BCUT2D eigenvalue weighted by atomic mass is 10.1. The Kier molecular flexibility index (Phi) is 6.85. The van der Waals surface area contributed by atoms with Crippen molar-refractivity contribution in [2.24, 2.45) is 0 Å². The number of carbonyl (C=O) groups is 1. The molecule has 13 heteroatoms. The maximum absolute atomic E-state index is 12.8. The second-order valence-corrected chi connectivity index (χ2v) is 9.98. The van der Waals surface area contributed by atoms with Crippen molar-refractivity contribution >= 4 is 23.1 Å². The van der Waals surface area contributed by atoms with Crippen LogP contribution in [0.5, 0.6) is 0 Å². The van der Waals surface area contributed by atoms with Crippen LogP contribution in [0, 0.1) is 0 Å². The Balaban J connectivity index is 0.000000207. The predicted octanol–water partition coefficient (Wildman–Crippen LogP) is 5.14. The highest BCUT2D eigenvalue weighted by atomic mass is 19.4. The fourth-order valence-corrected chi connectivity index (χ4v) is 4.80. The van der Waals surface area contributed by atoms with Gasteiger partial charge in [-0.05, 0) is 49.9 Å². The molecule has 0 unspecified atom stereocenters. The predicted molar refractivity (Wildman–Crippen MR) is 145 cm³/mol. The van der Waals surface area contributed by atoms with Crippen molar-refractivity contribution in [1.82, 2.24) is 34.1 Å². The smallest absolute Gasteiger partial charge is 0.382 e. The van der Waals surface area contributed by atoms with Crippen LogP contribution in [0.2, 0.25) is 0 Å². The van der Waals surface area contributed by atoms with E-state index in [0.717, 1.165) is 37.2 Å². The number of carbonyl (C=O) groups excluding carboxylic acids is 1. The van der Waals surface area contributed by atoms with Gasteiger partial charge < -0.3 is 20.0 Å². The number of alkyl halides is 3. The molecule has 5 heterocycles. The number of benzene rings is 1. The number of aromatic nitrogens is 7. The summed E-state index contributed by atoms with van der Waals surface area (Å²) in [5, 5.41) is 10.9. The van der Waals surface area contributed by atoms with E-state index in [1.165, 1.54) is 49.5 Å². The molecule has 0 radical (unpaired) electrons. The Morgan fingerprint density at radius 2 is 1.80 bits per heavy atom. The van der Waals surface area contributed by atoms with Gasteiger partial charge in [0.15, 0.2) is 0 Å². The van der Waals surface area contributed by atoms with E-state index in [1.807, 2.05) is 0 Å². The number of rotatable bonds is 4. The molecule has 1 saturated carbocycles. The van der Waals surface area contributed by atoms with E-state index in [-0.39, 0.29) is 11.4 Å². The summed E-state index contributed by atoms with van der Waals surface area (Å²) in [6, 6.07) is 8.03. The summed E-state index contributed by atoms with van der Waals surface area (Å²) in [7, 11) is 0. The van der Waals surface area contributed by atoms with Crippen LogP contribution in [0.4, 0.5) is 24.8 Å². The number of nitrogen functional groups attached to an aromatic ring is 1. The number of nitrogens with zero attached hydrogens (tertiary/aromatic N) is 7. The van der Waals surface area contributed by atoms with Crippen molar-refractivity contribution in [2.45, 2.75) is 50.7 Å². The van der Waals surface area contributed by atoms with Crippen molar-refractivity contribution in [2.75, 3.05) is 11.1 Å². The summed E-state index contributed by atoms with van der Waals surface area (Å²) in [5.41, 5.74) is 7.23. The lowest BCUT2D eigenvalue weighted by Crippen LogP contribution is -2.14. The van der Waals surface area contributed by atoms with Crippen molar-refractivity contribution < 1.29 is 18.0 Å². The number of amides is 1. The number of nitrogens with two attached hydrogens (primary N) is 1. The molecule has 210 valence electrons. The molecular weight excluding hydrogens is 535 g/mol. The topological polar surface area (TPSA) is 129 Å². The summed E-state index contributed by atoms with van der Waals surface area (Å²) >= 11 is 0. The Hall–Kier alpha value is -4.81. The van der Waals surface area contributed by atoms with Gasteiger partial charge in [0.25, 0.3) is 5.91 Å². The van der Waals surface area contributed by atoms with Gasteiger partial charge in [-0.15, -0.1) is 10.2 Å². The van der Waals surface area contributed by atoms with Gasteiger partial charge in [0.1, 0.15) is 35.1 Å². The van der Waals surface area contributed by atoms with Crippen molar-refractivity contribution in [1.29, 1.82) is 0 Å². The van der Waals surface area contributed by atoms with Crippen LogP contribution in [0.15, 0.2) is 61.3 Å². The van der Waals surface area contributed by atoms with Crippen LogP contribution in [0.3, 0.4) is 0 Å². The number of halogens is 3. The normalized spacial score (nSPS) is 14.7. The summed E-state index contributed by atoms with van der Waals surface area (Å²) in [4.78, 5) is 24.5. The standard InChI is InChI=1S/C19H13F3N6O.C9H13N3/c20-19(21,22)13-5-6-24-14(9-13)27-18(29)12-3-1-11(2-4-12)15-16-17(23)25-7-8-28(16)10-26-15;1-2-6-12-8(3-1)10-11-9(12)7-4-5-7/h1-10H,(H2,23,25)(H,24,27,29);7H,1-6H2. The molecule has 0 spiro atoms. The van der Waals surface area contributed by atoms with Crippen LogP contribution in [-0.2, 0) is 19.1 Å². The van der Waals surface area contributed by atoms with E-state index in [9.17, 15) is 18.0 Å². The third-order valence-corrected chi connectivity index (χ3v) is 7.06. The zero-order valence-electron chi connectivity index (χ0n) is 21.8. The van der Waals surface area contributed by atoms with Crippen molar-refractivity contribution in [3.05, 3.63) is 84.1 Å². The first-order valence-corrected chi connectivity index (χ1v) is 13.2. The Morgan fingerprint density at radius 3 is 2.56 bits per heavy atom. The molecule has 1 amide bonds. The van der Waals surface area contributed by atoms with Gasteiger partial charge in [0, 0.05) is 48.6 Å². The molecule has 1 aliphatic heterocycles. The Bertz CT molecular complexity index is 1710. The molecule has 4 aromatic heterocycles. The molecule has 41 heavy (non-hydrogen) atoms. The molecule has 0 atom stereocenters. The van der Waals surface area contributed by atoms with E-state index in [4.69, 9.17) is 5.73 Å². The van der Waals surface area contributed by atoms with Crippen LogP contribution in [-0.4, -0.2) is 40.0 Å². The van der Waals surface area contributed by atoms with Gasteiger partial charge in [-0.1, -0.05) is 12.1 Å². The Morgan fingerprint density at radius 1 is 1.00 bits per heavy atom. The molecule has 5 aromatic rings. The highest BCUT2D eigenvalue weighted by molar-refractivity contribution is 6.04. The molecule has 3 N–H and O–H groups in total. The highest BCUT2D eigenvalue weighted by Gasteiger charge is 2.31. The minimum atomic E-state index is -4.52. The first-order chi connectivity index (χ1) is 19.8. The number of fused-ring (bicyclic) bond motifs is 2.